The smallest absolute Gasteiger partial charge is 0.275 e. The van der Waals surface area contributed by atoms with Crippen molar-refractivity contribution >= 4 is 11.4 Å². The number of nitrogens with zero attached hydrogens (tertiary/aromatic N) is 2. The maximum atomic E-state index is 13.8. The van der Waals surface area contributed by atoms with Gasteiger partial charge in [0.25, 0.3) is 5.69 Å². The molecule has 5 nitrogen and oxygen atoms in total. The highest BCUT2D eigenvalue weighted by molar-refractivity contribution is 5.53. The lowest BCUT2D eigenvalue weighted by Gasteiger charge is -2.23. The number of nitro benzene ring substituents is 1. The van der Waals surface area contributed by atoms with Gasteiger partial charge >= 0.3 is 0 Å². The lowest BCUT2D eigenvalue weighted by atomic mass is 10.0. The van der Waals surface area contributed by atoms with Crippen LogP contribution in [-0.2, 0) is 0 Å². The van der Waals surface area contributed by atoms with E-state index >= 15 is 0 Å². The molecule has 0 aliphatic rings. The minimum absolute atomic E-state index is 0.0679. The fourth-order valence-electron chi connectivity index (χ4n) is 1.81. The summed E-state index contributed by atoms with van der Waals surface area (Å²) in [5.41, 5.74) is 5.01. The normalized spacial score (nSPS) is 12.6. The van der Waals surface area contributed by atoms with Crippen molar-refractivity contribution in [2.75, 3.05) is 18.5 Å². The van der Waals surface area contributed by atoms with Crippen molar-refractivity contribution in [2.45, 2.75) is 26.3 Å². The summed E-state index contributed by atoms with van der Waals surface area (Å²) in [7, 11) is 1.53. The zero-order chi connectivity index (χ0) is 15.4. The van der Waals surface area contributed by atoms with Crippen molar-refractivity contribution in [1.29, 1.82) is 0 Å². The fourth-order valence-corrected chi connectivity index (χ4v) is 1.81. The van der Waals surface area contributed by atoms with Crippen LogP contribution in [0.2, 0.25) is 0 Å². The Balaban J connectivity index is 2.88. The molecule has 0 bridgehead atoms. The molecular formula is C13H19F2N3O2. The Morgan fingerprint density at radius 1 is 1.35 bits per heavy atom. The molecule has 0 aliphatic carbocycles. The Hall–Kier alpha value is -1.76. The van der Waals surface area contributed by atoms with Gasteiger partial charge in [-0.1, -0.05) is 13.8 Å². The Labute approximate surface area is 116 Å². The lowest BCUT2D eigenvalue weighted by molar-refractivity contribution is -0.385. The summed E-state index contributed by atoms with van der Waals surface area (Å²) >= 11 is 0. The zero-order valence-corrected chi connectivity index (χ0v) is 11.8. The van der Waals surface area contributed by atoms with Crippen LogP contribution < -0.4 is 10.6 Å². The average molecular weight is 287 g/mol. The topological polar surface area (TPSA) is 72.4 Å². The Kier molecular flexibility index (Phi) is 5.38. The van der Waals surface area contributed by atoms with Gasteiger partial charge in [-0.3, -0.25) is 10.1 Å². The molecule has 0 amide bonds. The maximum Gasteiger partial charge on any atom is 0.275 e. The van der Waals surface area contributed by atoms with E-state index in [4.69, 9.17) is 5.73 Å². The van der Waals surface area contributed by atoms with E-state index in [0.29, 0.717) is 13.0 Å². The Morgan fingerprint density at radius 3 is 2.25 bits per heavy atom. The van der Waals surface area contributed by atoms with Crippen LogP contribution in [0.1, 0.15) is 20.3 Å². The molecule has 0 saturated heterocycles. The van der Waals surface area contributed by atoms with E-state index < -0.39 is 22.2 Å². The van der Waals surface area contributed by atoms with Gasteiger partial charge in [0.05, 0.1) is 17.1 Å². The van der Waals surface area contributed by atoms with Gasteiger partial charge in [-0.2, -0.15) is 0 Å². The van der Waals surface area contributed by atoms with Crippen molar-refractivity contribution in [2.24, 2.45) is 11.7 Å². The molecule has 0 radical (unpaired) electrons. The number of non-ortho nitro benzene ring substituents is 1. The number of halogens is 2. The first-order valence-electron chi connectivity index (χ1n) is 6.34. The highest BCUT2D eigenvalue weighted by Gasteiger charge is 2.20. The number of nitrogens with two attached hydrogens (primary N) is 1. The minimum Gasteiger partial charge on any atom is -0.370 e. The molecule has 0 aliphatic heterocycles. The standard InChI is InChI=1S/C13H19F2N3O2/c1-8(2)12(16)4-5-17(3)13-10(14)6-9(18(19)20)7-11(13)15/h6-8,12H,4-5,16H2,1-3H3. The molecule has 1 unspecified atom stereocenters. The second-order valence-corrected chi connectivity index (χ2v) is 5.13. The van der Waals surface area contributed by atoms with E-state index in [1.54, 1.807) is 0 Å². The van der Waals surface area contributed by atoms with E-state index in [9.17, 15) is 18.9 Å². The number of hydrogen-bond donors (Lipinski definition) is 1. The van der Waals surface area contributed by atoms with E-state index in [1.165, 1.54) is 11.9 Å². The van der Waals surface area contributed by atoms with Gasteiger partial charge in [-0.25, -0.2) is 8.78 Å². The average Bonchev–Trinajstić information content (AvgIpc) is 2.34. The number of anilines is 1. The Morgan fingerprint density at radius 2 is 1.85 bits per heavy atom. The van der Waals surface area contributed by atoms with Crippen LogP contribution in [0.3, 0.4) is 0 Å². The molecule has 0 aromatic heterocycles. The molecule has 0 fully saturated rings. The summed E-state index contributed by atoms with van der Waals surface area (Å²) in [5.74, 6) is -1.62. The highest BCUT2D eigenvalue weighted by Crippen LogP contribution is 2.27. The molecule has 1 rings (SSSR count). The second-order valence-electron chi connectivity index (χ2n) is 5.13. The summed E-state index contributed by atoms with van der Waals surface area (Å²) in [5, 5.41) is 10.5. The molecule has 0 spiro atoms. The van der Waals surface area contributed by atoms with Crippen molar-refractivity contribution in [3.63, 3.8) is 0 Å². The van der Waals surface area contributed by atoms with E-state index in [2.05, 4.69) is 0 Å². The number of rotatable bonds is 6. The van der Waals surface area contributed by atoms with Gasteiger partial charge in [-0.05, 0) is 12.3 Å². The van der Waals surface area contributed by atoms with Crippen molar-refractivity contribution in [3.8, 4) is 0 Å². The predicted octanol–water partition coefficient (Wildman–Crippen LogP) is 2.68. The molecule has 1 aromatic carbocycles. The fraction of sp³-hybridized carbons (Fsp3) is 0.538. The first kappa shape index (κ1) is 16.3. The van der Waals surface area contributed by atoms with Crippen LogP contribution in [0.25, 0.3) is 0 Å². The zero-order valence-electron chi connectivity index (χ0n) is 11.8. The molecule has 1 atom stereocenters. The predicted molar refractivity (Wildman–Crippen MR) is 73.7 cm³/mol. The summed E-state index contributed by atoms with van der Waals surface area (Å²) in [4.78, 5) is 11.1. The van der Waals surface area contributed by atoms with Crippen molar-refractivity contribution < 1.29 is 13.7 Å². The first-order chi connectivity index (χ1) is 9.23. The van der Waals surface area contributed by atoms with Gasteiger partial charge in [0, 0.05) is 19.6 Å². The summed E-state index contributed by atoms with van der Waals surface area (Å²) < 4.78 is 27.6. The molecule has 20 heavy (non-hydrogen) atoms. The van der Waals surface area contributed by atoms with E-state index in [-0.39, 0.29) is 17.6 Å². The third-order valence-corrected chi connectivity index (χ3v) is 3.25. The van der Waals surface area contributed by atoms with Crippen LogP contribution >= 0.6 is 0 Å². The number of benzene rings is 1. The third kappa shape index (κ3) is 3.86. The van der Waals surface area contributed by atoms with Gasteiger partial charge in [-0.15, -0.1) is 0 Å². The highest BCUT2D eigenvalue weighted by atomic mass is 19.1. The molecule has 0 heterocycles. The summed E-state index contributed by atoms with van der Waals surface area (Å²) in [6, 6.07) is 1.37. The van der Waals surface area contributed by atoms with Gasteiger partial charge in [0.1, 0.15) is 5.69 Å². The first-order valence-corrected chi connectivity index (χ1v) is 6.34. The molecule has 112 valence electrons. The number of nitro groups is 1. The lowest BCUT2D eigenvalue weighted by Crippen LogP contribution is -2.32. The van der Waals surface area contributed by atoms with Crippen LogP contribution in [-0.4, -0.2) is 24.6 Å². The molecule has 7 heteroatoms. The minimum atomic E-state index is -0.947. The molecule has 0 saturated carbocycles. The van der Waals surface area contributed by atoms with Crippen LogP contribution in [0.4, 0.5) is 20.2 Å². The van der Waals surface area contributed by atoms with E-state index in [1.807, 2.05) is 13.8 Å². The molecule has 2 N–H and O–H groups in total. The second kappa shape index (κ2) is 6.60. The monoisotopic (exact) mass is 287 g/mol. The van der Waals surface area contributed by atoms with Gasteiger partial charge < -0.3 is 10.6 Å². The molecular weight excluding hydrogens is 268 g/mol. The quantitative estimate of drug-likeness (QED) is 0.645. The third-order valence-electron chi connectivity index (χ3n) is 3.25. The number of hydrogen-bond acceptors (Lipinski definition) is 4. The van der Waals surface area contributed by atoms with Crippen molar-refractivity contribution in [1.82, 2.24) is 0 Å². The van der Waals surface area contributed by atoms with Gasteiger partial charge in [0.2, 0.25) is 0 Å². The maximum absolute atomic E-state index is 13.8. The summed E-state index contributed by atoms with van der Waals surface area (Å²) in [6.07, 6.45) is 0.573. The van der Waals surface area contributed by atoms with Crippen molar-refractivity contribution in [3.05, 3.63) is 33.9 Å². The van der Waals surface area contributed by atoms with Crippen LogP contribution in [0.5, 0.6) is 0 Å². The largest absolute Gasteiger partial charge is 0.370 e. The molecule has 1 aromatic rings. The van der Waals surface area contributed by atoms with Gasteiger partial charge in [0.15, 0.2) is 11.6 Å². The van der Waals surface area contributed by atoms with Crippen LogP contribution in [0.15, 0.2) is 12.1 Å². The summed E-state index contributed by atoms with van der Waals surface area (Å²) in [6.45, 7) is 4.31. The van der Waals surface area contributed by atoms with E-state index in [0.717, 1.165) is 12.1 Å². The Bertz CT molecular complexity index is 471. The SMILES string of the molecule is CC(C)C(N)CCN(C)c1c(F)cc([N+](=O)[O-])cc1F. The van der Waals surface area contributed by atoms with Crippen LogP contribution in [0, 0.1) is 27.7 Å².